The molecule has 2 heterocycles. The molecule has 2 rings (SSSR count). The predicted molar refractivity (Wildman–Crippen MR) is 77.1 cm³/mol. The topological polar surface area (TPSA) is 55.6 Å². The van der Waals surface area contributed by atoms with Crippen molar-refractivity contribution in [2.24, 2.45) is 7.05 Å². The number of aryl methyl sites for hydroxylation is 3. The molecule has 0 saturated carbocycles. The van der Waals surface area contributed by atoms with E-state index in [9.17, 15) is 4.39 Å². The molecule has 2 aromatic rings. The van der Waals surface area contributed by atoms with Crippen molar-refractivity contribution < 1.29 is 4.39 Å². The van der Waals surface area contributed by atoms with Gasteiger partial charge in [0.2, 0.25) is 0 Å². The molecular weight excluding hydrogens is 257 g/mol. The summed E-state index contributed by atoms with van der Waals surface area (Å²) in [4.78, 5) is 8.57. The van der Waals surface area contributed by atoms with E-state index in [0.29, 0.717) is 18.1 Å². The Labute approximate surface area is 118 Å². The van der Waals surface area contributed by atoms with Crippen LogP contribution >= 0.6 is 0 Å². The molecule has 0 saturated heterocycles. The van der Waals surface area contributed by atoms with E-state index in [1.54, 1.807) is 11.6 Å². The van der Waals surface area contributed by atoms with Gasteiger partial charge in [0.15, 0.2) is 17.5 Å². The third-order valence-electron chi connectivity index (χ3n) is 3.04. The Hall–Kier alpha value is -1.98. The smallest absolute Gasteiger partial charge is 0.186 e. The largest absolute Gasteiger partial charge is 0.368 e. The van der Waals surface area contributed by atoms with Gasteiger partial charge in [0.25, 0.3) is 0 Å². The molecule has 5 nitrogen and oxygen atoms in total. The molecule has 0 aliphatic rings. The number of rotatable bonds is 5. The van der Waals surface area contributed by atoms with Crippen LogP contribution in [0.15, 0.2) is 6.20 Å². The van der Waals surface area contributed by atoms with E-state index >= 15 is 0 Å². The Morgan fingerprint density at radius 1 is 1.30 bits per heavy atom. The zero-order valence-electron chi connectivity index (χ0n) is 12.4. The average Bonchev–Trinajstić information content (AvgIpc) is 2.81. The first-order valence-electron chi connectivity index (χ1n) is 6.87. The van der Waals surface area contributed by atoms with Crippen LogP contribution in [0, 0.1) is 12.7 Å². The average molecular weight is 277 g/mol. The number of nitrogens with zero attached hydrogens (tertiary/aromatic N) is 4. The molecule has 0 aliphatic heterocycles. The Balaban J connectivity index is 2.48. The summed E-state index contributed by atoms with van der Waals surface area (Å²) >= 11 is 0. The van der Waals surface area contributed by atoms with Crippen molar-refractivity contribution in [3.63, 3.8) is 0 Å². The van der Waals surface area contributed by atoms with Crippen molar-refractivity contribution in [3.8, 4) is 11.4 Å². The highest BCUT2D eigenvalue weighted by Crippen LogP contribution is 2.23. The molecule has 0 aliphatic carbocycles. The molecule has 20 heavy (non-hydrogen) atoms. The lowest BCUT2D eigenvalue weighted by atomic mass is 10.2. The molecule has 2 aromatic heterocycles. The van der Waals surface area contributed by atoms with Crippen LogP contribution < -0.4 is 5.32 Å². The van der Waals surface area contributed by atoms with E-state index in [0.717, 1.165) is 24.1 Å². The van der Waals surface area contributed by atoms with Gasteiger partial charge in [0.1, 0.15) is 0 Å². The van der Waals surface area contributed by atoms with Crippen LogP contribution in [-0.4, -0.2) is 26.3 Å². The number of aromatic nitrogens is 4. The van der Waals surface area contributed by atoms with Gasteiger partial charge in [-0.15, -0.1) is 0 Å². The number of anilines is 1. The summed E-state index contributed by atoms with van der Waals surface area (Å²) in [5.74, 6) is 0.400. The third-order valence-corrected chi connectivity index (χ3v) is 3.04. The maximum absolute atomic E-state index is 14.0. The fourth-order valence-electron chi connectivity index (χ4n) is 2.02. The van der Waals surface area contributed by atoms with Gasteiger partial charge in [-0.3, -0.25) is 4.68 Å². The van der Waals surface area contributed by atoms with Gasteiger partial charge in [-0.25, -0.2) is 14.4 Å². The van der Waals surface area contributed by atoms with Crippen molar-refractivity contribution in [3.05, 3.63) is 23.4 Å². The first-order valence-corrected chi connectivity index (χ1v) is 6.87. The molecule has 6 heteroatoms. The third kappa shape index (κ3) is 2.79. The Morgan fingerprint density at radius 3 is 2.70 bits per heavy atom. The van der Waals surface area contributed by atoms with Crippen LogP contribution in [0.1, 0.15) is 31.7 Å². The van der Waals surface area contributed by atoms with Gasteiger partial charge in [-0.1, -0.05) is 13.8 Å². The second-order valence-corrected chi connectivity index (χ2v) is 4.74. The van der Waals surface area contributed by atoms with E-state index in [2.05, 4.69) is 20.4 Å². The molecular formula is C14H20FN5. The lowest BCUT2D eigenvalue weighted by molar-refractivity contribution is 0.605. The normalized spacial score (nSPS) is 10.8. The molecule has 0 atom stereocenters. The van der Waals surface area contributed by atoms with Crippen LogP contribution in [-0.2, 0) is 13.5 Å². The van der Waals surface area contributed by atoms with Crippen molar-refractivity contribution in [2.75, 3.05) is 11.9 Å². The van der Waals surface area contributed by atoms with Crippen LogP contribution in [0.3, 0.4) is 0 Å². The van der Waals surface area contributed by atoms with Crippen molar-refractivity contribution in [2.45, 2.75) is 33.6 Å². The minimum Gasteiger partial charge on any atom is -0.368 e. The quantitative estimate of drug-likeness (QED) is 0.913. The van der Waals surface area contributed by atoms with Gasteiger partial charge in [-0.2, -0.15) is 5.10 Å². The van der Waals surface area contributed by atoms with Crippen LogP contribution in [0.2, 0.25) is 0 Å². The molecule has 0 radical (unpaired) electrons. The van der Waals surface area contributed by atoms with Gasteiger partial charge in [0.05, 0.1) is 17.0 Å². The van der Waals surface area contributed by atoms with Crippen molar-refractivity contribution in [1.82, 2.24) is 19.7 Å². The maximum Gasteiger partial charge on any atom is 0.186 e. The predicted octanol–water partition coefficient (Wildman–Crippen LogP) is 2.71. The second kappa shape index (κ2) is 5.98. The van der Waals surface area contributed by atoms with E-state index in [4.69, 9.17) is 0 Å². The molecule has 0 amide bonds. The highest BCUT2D eigenvalue weighted by molar-refractivity contribution is 5.60. The second-order valence-electron chi connectivity index (χ2n) is 4.74. The van der Waals surface area contributed by atoms with Crippen LogP contribution in [0.5, 0.6) is 0 Å². The van der Waals surface area contributed by atoms with Crippen molar-refractivity contribution >= 4 is 5.82 Å². The molecule has 0 aromatic carbocycles. The Morgan fingerprint density at radius 2 is 2.05 bits per heavy atom. The molecule has 0 spiro atoms. The standard InChI is InChI=1S/C14H20FN5/c1-5-7-16-14-12(15)9(3)17-13(18-14)10-8-20(4)19-11(10)6-2/h8H,5-7H2,1-4H3,(H,16,17,18). The fraction of sp³-hybridized carbons (Fsp3) is 0.500. The van der Waals surface area contributed by atoms with E-state index in [1.807, 2.05) is 27.1 Å². The summed E-state index contributed by atoms with van der Waals surface area (Å²) in [6.07, 6.45) is 3.56. The highest BCUT2D eigenvalue weighted by Gasteiger charge is 2.16. The summed E-state index contributed by atoms with van der Waals surface area (Å²) in [5.41, 5.74) is 2.12. The molecule has 0 fully saturated rings. The highest BCUT2D eigenvalue weighted by atomic mass is 19.1. The number of nitrogens with one attached hydrogen (secondary N) is 1. The Bertz CT molecular complexity index is 606. The van der Waals surface area contributed by atoms with E-state index < -0.39 is 0 Å². The monoisotopic (exact) mass is 277 g/mol. The minimum atomic E-state index is -0.385. The van der Waals surface area contributed by atoms with Gasteiger partial charge < -0.3 is 5.32 Å². The summed E-state index contributed by atoms with van der Waals surface area (Å²) in [6.45, 7) is 6.38. The van der Waals surface area contributed by atoms with Gasteiger partial charge >= 0.3 is 0 Å². The van der Waals surface area contributed by atoms with Crippen LogP contribution in [0.25, 0.3) is 11.4 Å². The van der Waals surface area contributed by atoms with Crippen molar-refractivity contribution in [1.29, 1.82) is 0 Å². The number of hydrogen-bond donors (Lipinski definition) is 1. The van der Waals surface area contributed by atoms with E-state index in [-0.39, 0.29) is 11.6 Å². The lowest BCUT2D eigenvalue weighted by Crippen LogP contribution is -2.08. The SMILES string of the molecule is CCCNc1nc(-c2cn(C)nc2CC)nc(C)c1F. The molecule has 108 valence electrons. The van der Waals surface area contributed by atoms with Crippen LogP contribution in [0.4, 0.5) is 10.2 Å². The summed E-state index contributed by atoms with van der Waals surface area (Å²) in [6, 6.07) is 0. The zero-order chi connectivity index (χ0) is 14.7. The summed E-state index contributed by atoms with van der Waals surface area (Å²) in [5, 5.41) is 7.38. The first kappa shape index (κ1) is 14.4. The molecule has 0 bridgehead atoms. The maximum atomic E-state index is 14.0. The summed E-state index contributed by atoms with van der Waals surface area (Å²) in [7, 11) is 1.86. The van der Waals surface area contributed by atoms with E-state index in [1.165, 1.54) is 0 Å². The fourth-order valence-corrected chi connectivity index (χ4v) is 2.02. The first-order chi connectivity index (χ1) is 9.56. The van der Waals surface area contributed by atoms with Gasteiger partial charge in [-0.05, 0) is 19.8 Å². The lowest BCUT2D eigenvalue weighted by Gasteiger charge is -2.09. The number of halogens is 1. The molecule has 0 unspecified atom stereocenters. The molecule has 1 N–H and O–H groups in total. The Kier molecular flexibility index (Phi) is 4.32. The summed E-state index contributed by atoms with van der Waals surface area (Å²) < 4.78 is 15.7. The minimum absolute atomic E-state index is 0.264. The zero-order valence-corrected chi connectivity index (χ0v) is 12.4. The van der Waals surface area contributed by atoms with Gasteiger partial charge in [0, 0.05) is 19.8 Å². The number of hydrogen-bond acceptors (Lipinski definition) is 4.